The standard InChI is InChI=1S/C13H27N3O2S/c1-11(2)8-14-4-5-16-6-7-18-12(10-16)9-15-13(17)19-3/h11-12,14H,4-10H2,1-3H3,(H,15,17)/t12-/m1/s1. The number of nitrogens with one attached hydrogen (secondary N) is 2. The molecule has 0 aromatic rings. The molecule has 0 unspecified atom stereocenters. The Morgan fingerprint density at radius 3 is 3.00 bits per heavy atom. The Hall–Kier alpha value is -0.300. The van der Waals surface area contributed by atoms with Crippen LogP contribution in [-0.2, 0) is 4.74 Å². The highest BCUT2D eigenvalue weighted by Crippen LogP contribution is 2.04. The van der Waals surface area contributed by atoms with Crippen LogP contribution in [0.5, 0.6) is 0 Å². The highest BCUT2D eigenvalue weighted by molar-refractivity contribution is 8.12. The lowest BCUT2D eigenvalue weighted by molar-refractivity contribution is -0.0250. The maximum Gasteiger partial charge on any atom is 0.278 e. The molecule has 1 saturated heterocycles. The van der Waals surface area contributed by atoms with Gasteiger partial charge in [0.1, 0.15) is 0 Å². The fraction of sp³-hybridized carbons (Fsp3) is 0.923. The van der Waals surface area contributed by atoms with Crippen LogP contribution >= 0.6 is 11.8 Å². The summed E-state index contributed by atoms with van der Waals surface area (Å²) in [6.07, 6.45) is 1.90. The number of amides is 1. The van der Waals surface area contributed by atoms with E-state index < -0.39 is 0 Å². The summed E-state index contributed by atoms with van der Waals surface area (Å²) in [5.41, 5.74) is 0. The summed E-state index contributed by atoms with van der Waals surface area (Å²) in [7, 11) is 0. The van der Waals surface area contributed by atoms with Crippen molar-refractivity contribution in [1.82, 2.24) is 15.5 Å². The Kier molecular flexibility index (Phi) is 8.45. The third-order valence-electron chi connectivity index (χ3n) is 3.04. The first-order valence-corrected chi connectivity index (χ1v) is 8.20. The van der Waals surface area contributed by atoms with Crippen LogP contribution in [0, 0.1) is 5.92 Å². The first-order chi connectivity index (χ1) is 9.11. The molecule has 0 radical (unpaired) electrons. The maximum absolute atomic E-state index is 11.2. The Morgan fingerprint density at radius 2 is 2.32 bits per heavy atom. The van der Waals surface area contributed by atoms with Crippen molar-refractivity contribution in [3.05, 3.63) is 0 Å². The molecule has 0 aliphatic carbocycles. The van der Waals surface area contributed by atoms with Gasteiger partial charge >= 0.3 is 0 Å². The van der Waals surface area contributed by atoms with Gasteiger partial charge in [-0.1, -0.05) is 25.6 Å². The molecule has 19 heavy (non-hydrogen) atoms. The molecule has 1 aliphatic rings. The third-order valence-corrected chi connectivity index (χ3v) is 3.55. The lowest BCUT2D eigenvalue weighted by Crippen LogP contribution is -2.48. The molecule has 1 heterocycles. The Morgan fingerprint density at radius 1 is 1.53 bits per heavy atom. The molecule has 1 aliphatic heterocycles. The lowest BCUT2D eigenvalue weighted by Gasteiger charge is -2.33. The molecule has 1 atom stereocenters. The molecular weight excluding hydrogens is 262 g/mol. The summed E-state index contributed by atoms with van der Waals surface area (Å²) in [5, 5.41) is 6.33. The minimum atomic E-state index is 0.0133. The molecular formula is C13H27N3O2S. The summed E-state index contributed by atoms with van der Waals surface area (Å²) < 4.78 is 5.66. The molecule has 0 bridgehead atoms. The van der Waals surface area contributed by atoms with Crippen molar-refractivity contribution in [2.24, 2.45) is 5.92 Å². The second-order valence-corrected chi connectivity index (χ2v) is 6.04. The van der Waals surface area contributed by atoms with Gasteiger partial charge in [-0.25, -0.2) is 0 Å². The first kappa shape index (κ1) is 16.8. The monoisotopic (exact) mass is 289 g/mol. The van der Waals surface area contributed by atoms with Crippen molar-refractivity contribution in [3.8, 4) is 0 Å². The van der Waals surface area contributed by atoms with Crippen molar-refractivity contribution in [3.63, 3.8) is 0 Å². The van der Waals surface area contributed by atoms with E-state index in [-0.39, 0.29) is 11.3 Å². The van der Waals surface area contributed by atoms with Crippen molar-refractivity contribution >= 4 is 17.0 Å². The first-order valence-electron chi connectivity index (χ1n) is 6.98. The van der Waals surface area contributed by atoms with Crippen LogP contribution in [0.1, 0.15) is 13.8 Å². The van der Waals surface area contributed by atoms with Gasteiger partial charge in [0.05, 0.1) is 12.7 Å². The number of morpholine rings is 1. The van der Waals surface area contributed by atoms with Crippen LogP contribution in [0.3, 0.4) is 0 Å². The average molecular weight is 289 g/mol. The topological polar surface area (TPSA) is 53.6 Å². The van der Waals surface area contributed by atoms with Crippen molar-refractivity contribution in [2.75, 3.05) is 52.1 Å². The molecule has 1 rings (SSSR count). The average Bonchev–Trinajstić information content (AvgIpc) is 2.41. The number of rotatable bonds is 7. The van der Waals surface area contributed by atoms with Gasteiger partial charge in [0.2, 0.25) is 0 Å². The normalized spacial score (nSPS) is 20.7. The molecule has 1 amide bonds. The molecule has 0 spiro atoms. The lowest BCUT2D eigenvalue weighted by atomic mass is 10.2. The summed E-state index contributed by atoms with van der Waals surface area (Å²) >= 11 is 1.20. The van der Waals surface area contributed by atoms with Gasteiger partial charge in [-0.2, -0.15) is 0 Å². The highest BCUT2D eigenvalue weighted by Gasteiger charge is 2.20. The van der Waals surface area contributed by atoms with Gasteiger partial charge in [0, 0.05) is 32.7 Å². The van der Waals surface area contributed by atoms with Gasteiger partial charge in [-0.05, 0) is 18.7 Å². The number of carbonyl (C=O) groups is 1. The van der Waals surface area contributed by atoms with Gasteiger partial charge in [-0.15, -0.1) is 0 Å². The fourth-order valence-corrected chi connectivity index (χ4v) is 2.23. The van der Waals surface area contributed by atoms with E-state index in [0.29, 0.717) is 12.5 Å². The van der Waals surface area contributed by atoms with Gasteiger partial charge in [-0.3, -0.25) is 9.69 Å². The largest absolute Gasteiger partial charge is 0.374 e. The number of hydrogen-bond donors (Lipinski definition) is 2. The SMILES string of the molecule is CSC(=O)NC[C@@H]1CN(CCNCC(C)C)CCO1. The summed E-state index contributed by atoms with van der Waals surface area (Å²) in [5.74, 6) is 0.694. The molecule has 2 N–H and O–H groups in total. The third kappa shape index (κ3) is 7.77. The van der Waals surface area contributed by atoms with E-state index in [1.807, 2.05) is 0 Å². The zero-order valence-corrected chi connectivity index (χ0v) is 13.1. The number of nitrogens with zero attached hydrogens (tertiary/aromatic N) is 1. The van der Waals surface area contributed by atoms with Gasteiger partial charge in [0.15, 0.2) is 0 Å². The molecule has 0 aromatic carbocycles. The predicted molar refractivity (Wildman–Crippen MR) is 80.8 cm³/mol. The number of ether oxygens (including phenoxy) is 1. The van der Waals surface area contributed by atoms with E-state index in [4.69, 9.17) is 4.74 Å². The number of hydrogen-bond acceptors (Lipinski definition) is 5. The molecule has 1 fully saturated rings. The quantitative estimate of drug-likeness (QED) is 0.685. The molecule has 0 aromatic heterocycles. The van der Waals surface area contributed by atoms with E-state index in [2.05, 4.69) is 29.4 Å². The Bertz CT molecular complexity index is 264. The number of carbonyl (C=O) groups excluding carboxylic acids is 1. The van der Waals surface area contributed by atoms with Crippen LogP contribution in [0.2, 0.25) is 0 Å². The van der Waals surface area contributed by atoms with E-state index in [1.165, 1.54) is 11.8 Å². The van der Waals surface area contributed by atoms with Crippen LogP contribution in [-0.4, -0.2) is 68.4 Å². The highest BCUT2D eigenvalue weighted by atomic mass is 32.2. The minimum Gasteiger partial charge on any atom is -0.374 e. The van der Waals surface area contributed by atoms with Crippen LogP contribution in [0.15, 0.2) is 0 Å². The Balaban J connectivity index is 2.13. The molecule has 6 heteroatoms. The van der Waals surface area contributed by atoms with Crippen molar-refractivity contribution in [2.45, 2.75) is 20.0 Å². The molecule has 5 nitrogen and oxygen atoms in total. The minimum absolute atomic E-state index is 0.0133. The maximum atomic E-state index is 11.2. The van der Waals surface area contributed by atoms with E-state index in [1.54, 1.807) is 6.26 Å². The summed E-state index contributed by atoms with van der Waals surface area (Å²) in [6, 6.07) is 0. The Labute approximate surface area is 120 Å². The smallest absolute Gasteiger partial charge is 0.278 e. The molecule has 0 saturated carbocycles. The zero-order valence-electron chi connectivity index (χ0n) is 12.3. The van der Waals surface area contributed by atoms with Crippen LogP contribution in [0.25, 0.3) is 0 Å². The molecule has 112 valence electrons. The zero-order chi connectivity index (χ0) is 14.1. The van der Waals surface area contributed by atoms with E-state index >= 15 is 0 Å². The van der Waals surface area contributed by atoms with E-state index in [9.17, 15) is 4.79 Å². The number of thioether (sulfide) groups is 1. The van der Waals surface area contributed by atoms with Gasteiger partial charge < -0.3 is 15.4 Å². The second kappa shape index (κ2) is 9.58. The predicted octanol–water partition coefficient (Wildman–Crippen LogP) is 1.01. The van der Waals surface area contributed by atoms with Crippen LogP contribution < -0.4 is 10.6 Å². The second-order valence-electron chi connectivity index (χ2n) is 5.26. The summed E-state index contributed by atoms with van der Waals surface area (Å²) in [4.78, 5) is 13.6. The van der Waals surface area contributed by atoms with E-state index in [0.717, 1.165) is 39.3 Å². The summed E-state index contributed by atoms with van der Waals surface area (Å²) in [6.45, 7) is 10.8. The van der Waals surface area contributed by atoms with Crippen LogP contribution in [0.4, 0.5) is 4.79 Å². The van der Waals surface area contributed by atoms with Crippen molar-refractivity contribution in [1.29, 1.82) is 0 Å². The fourth-order valence-electron chi connectivity index (χ4n) is 2.00. The van der Waals surface area contributed by atoms with Gasteiger partial charge in [0.25, 0.3) is 5.24 Å². The van der Waals surface area contributed by atoms with Crippen molar-refractivity contribution < 1.29 is 9.53 Å².